The Morgan fingerprint density at radius 1 is 1.25 bits per heavy atom. The first kappa shape index (κ1) is 14.6. The van der Waals surface area contributed by atoms with Gasteiger partial charge in [0.1, 0.15) is 23.4 Å². The first-order valence-electron chi connectivity index (χ1n) is 6.65. The zero-order valence-electron chi connectivity index (χ0n) is 12.1. The predicted octanol–water partition coefficient (Wildman–Crippen LogP) is 2.68. The van der Waals surface area contributed by atoms with Crippen LogP contribution in [0, 0.1) is 13.8 Å². The Morgan fingerprint density at radius 2 is 2.00 bits per heavy atom. The van der Waals surface area contributed by atoms with E-state index >= 15 is 0 Å². The zero-order chi connectivity index (χ0) is 14.7. The molecule has 2 aromatic rings. The number of furan rings is 1. The molecule has 1 aromatic heterocycles. The van der Waals surface area contributed by atoms with Crippen LogP contribution in [0.15, 0.2) is 34.7 Å². The van der Waals surface area contributed by atoms with Crippen LogP contribution in [-0.4, -0.2) is 18.8 Å². The van der Waals surface area contributed by atoms with E-state index in [-0.39, 0.29) is 5.92 Å². The molecular weight excluding hydrogens is 254 g/mol. The summed E-state index contributed by atoms with van der Waals surface area (Å²) in [5.41, 5.74) is 7.87. The minimum atomic E-state index is -0.788. The lowest BCUT2D eigenvalue weighted by atomic mass is 9.90. The largest absolute Gasteiger partial charge is 0.496 e. The van der Waals surface area contributed by atoms with Crippen LogP contribution in [0.3, 0.4) is 0 Å². The van der Waals surface area contributed by atoms with Crippen molar-refractivity contribution in [3.63, 3.8) is 0 Å². The minimum absolute atomic E-state index is 0.268. The molecule has 0 saturated carbocycles. The van der Waals surface area contributed by atoms with Gasteiger partial charge in [-0.3, -0.25) is 0 Å². The average molecular weight is 275 g/mol. The molecule has 0 spiro atoms. The zero-order valence-corrected chi connectivity index (χ0v) is 12.1. The van der Waals surface area contributed by atoms with Crippen LogP contribution in [0.1, 0.15) is 34.7 Å². The van der Waals surface area contributed by atoms with E-state index in [1.54, 1.807) is 13.2 Å². The van der Waals surface area contributed by atoms with E-state index < -0.39 is 6.10 Å². The summed E-state index contributed by atoms with van der Waals surface area (Å²) in [5, 5.41) is 10.5. The molecule has 2 atom stereocenters. The molecule has 1 heterocycles. The predicted molar refractivity (Wildman–Crippen MR) is 77.9 cm³/mol. The van der Waals surface area contributed by atoms with Gasteiger partial charge in [-0.1, -0.05) is 17.7 Å². The van der Waals surface area contributed by atoms with Crippen LogP contribution >= 0.6 is 0 Å². The van der Waals surface area contributed by atoms with Crippen LogP contribution in [0.2, 0.25) is 0 Å². The molecule has 0 aliphatic carbocycles. The fourth-order valence-electron chi connectivity index (χ4n) is 2.38. The molecule has 4 nitrogen and oxygen atoms in total. The molecule has 108 valence electrons. The van der Waals surface area contributed by atoms with Crippen molar-refractivity contribution in [2.45, 2.75) is 25.9 Å². The summed E-state index contributed by atoms with van der Waals surface area (Å²) in [6, 6.07) is 9.48. The van der Waals surface area contributed by atoms with E-state index in [0.717, 1.165) is 22.6 Å². The number of hydrogen-bond donors (Lipinski definition) is 2. The first-order valence-corrected chi connectivity index (χ1v) is 6.65. The Morgan fingerprint density at radius 3 is 2.55 bits per heavy atom. The molecule has 0 aliphatic heterocycles. The second kappa shape index (κ2) is 6.11. The van der Waals surface area contributed by atoms with Gasteiger partial charge in [0.05, 0.1) is 7.11 Å². The van der Waals surface area contributed by atoms with Gasteiger partial charge in [-0.25, -0.2) is 0 Å². The molecule has 0 radical (unpaired) electrons. The van der Waals surface area contributed by atoms with Crippen LogP contribution in [0.4, 0.5) is 0 Å². The number of ether oxygens (including phenoxy) is 1. The standard InChI is InChI=1S/C16H21NO3/c1-10-4-6-14(19-3)12(8-10)13(9-17)16(18)15-7-5-11(2)20-15/h4-8,13,16,18H,9,17H2,1-3H3. The maximum Gasteiger partial charge on any atom is 0.133 e. The van der Waals surface area contributed by atoms with Gasteiger partial charge in [-0.15, -0.1) is 0 Å². The second-order valence-corrected chi connectivity index (χ2v) is 4.98. The number of rotatable bonds is 5. The fraction of sp³-hybridized carbons (Fsp3) is 0.375. The SMILES string of the molecule is COc1ccc(C)cc1C(CN)C(O)c1ccc(C)o1. The maximum atomic E-state index is 10.5. The summed E-state index contributed by atoms with van der Waals surface area (Å²) in [5.74, 6) is 1.76. The van der Waals surface area contributed by atoms with Gasteiger partial charge in [0.2, 0.25) is 0 Å². The Labute approximate surface area is 119 Å². The van der Waals surface area contributed by atoms with Crippen molar-refractivity contribution in [3.05, 3.63) is 53.0 Å². The Bertz CT molecular complexity index is 577. The highest BCUT2D eigenvalue weighted by atomic mass is 16.5. The van der Waals surface area contributed by atoms with Crippen molar-refractivity contribution < 1.29 is 14.3 Å². The summed E-state index contributed by atoms with van der Waals surface area (Å²) in [6.45, 7) is 4.15. The fourth-order valence-corrected chi connectivity index (χ4v) is 2.38. The Kier molecular flexibility index (Phi) is 4.47. The highest BCUT2D eigenvalue weighted by Gasteiger charge is 2.26. The second-order valence-electron chi connectivity index (χ2n) is 4.98. The van der Waals surface area contributed by atoms with Gasteiger partial charge in [0, 0.05) is 18.0 Å². The van der Waals surface area contributed by atoms with E-state index in [1.807, 2.05) is 38.1 Å². The van der Waals surface area contributed by atoms with Crippen molar-refractivity contribution >= 4 is 0 Å². The molecule has 1 aromatic carbocycles. The van der Waals surface area contributed by atoms with E-state index in [1.165, 1.54) is 0 Å². The van der Waals surface area contributed by atoms with E-state index in [2.05, 4.69) is 0 Å². The number of aliphatic hydroxyl groups is 1. The van der Waals surface area contributed by atoms with Crippen molar-refractivity contribution in [2.75, 3.05) is 13.7 Å². The molecule has 0 bridgehead atoms. The highest BCUT2D eigenvalue weighted by Crippen LogP contribution is 2.36. The first-order chi connectivity index (χ1) is 9.56. The summed E-state index contributed by atoms with van der Waals surface area (Å²) >= 11 is 0. The van der Waals surface area contributed by atoms with Crippen molar-refractivity contribution in [3.8, 4) is 5.75 Å². The van der Waals surface area contributed by atoms with Crippen molar-refractivity contribution in [1.82, 2.24) is 0 Å². The summed E-state index contributed by atoms with van der Waals surface area (Å²) < 4.78 is 10.9. The quantitative estimate of drug-likeness (QED) is 0.880. The van der Waals surface area contributed by atoms with E-state index in [9.17, 15) is 5.11 Å². The molecule has 20 heavy (non-hydrogen) atoms. The number of nitrogens with two attached hydrogens (primary N) is 1. The Balaban J connectivity index is 2.39. The lowest BCUT2D eigenvalue weighted by Crippen LogP contribution is -2.20. The summed E-state index contributed by atoms with van der Waals surface area (Å²) in [6.07, 6.45) is -0.788. The van der Waals surface area contributed by atoms with Crippen LogP contribution < -0.4 is 10.5 Å². The van der Waals surface area contributed by atoms with Crippen LogP contribution in [0.5, 0.6) is 5.75 Å². The van der Waals surface area contributed by atoms with Gasteiger partial charge in [0.15, 0.2) is 0 Å². The highest BCUT2D eigenvalue weighted by molar-refractivity contribution is 5.40. The van der Waals surface area contributed by atoms with Crippen LogP contribution in [0.25, 0.3) is 0 Å². The van der Waals surface area contributed by atoms with Gasteiger partial charge in [0.25, 0.3) is 0 Å². The smallest absolute Gasteiger partial charge is 0.133 e. The molecule has 2 rings (SSSR count). The number of aliphatic hydroxyl groups excluding tert-OH is 1. The number of methoxy groups -OCH3 is 1. The normalized spacial score (nSPS) is 14.1. The third-order valence-electron chi connectivity index (χ3n) is 3.47. The van der Waals surface area contributed by atoms with Gasteiger partial charge >= 0.3 is 0 Å². The van der Waals surface area contributed by atoms with Gasteiger partial charge in [-0.05, 0) is 32.0 Å². The van der Waals surface area contributed by atoms with Crippen LogP contribution in [-0.2, 0) is 0 Å². The van der Waals surface area contributed by atoms with E-state index in [0.29, 0.717) is 12.3 Å². The lowest BCUT2D eigenvalue weighted by molar-refractivity contribution is 0.119. The molecular formula is C16H21NO3. The third kappa shape index (κ3) is 2.86. The molecule has 0 fully saturated rings. The van der Waals surface area contributed by atoms with Gasteiger partial charge < -0.3 is 20.0 Å². The molecule has 0 amide bonds. The minimum Gasteiger partial charge on any atom is -0.496 e. The third-order valence-corrected chi connectivity index (χ3v) is 3.47. The number of aryl methyl sites for hydroxylation is 2. The van der Waals surface area contributed by atoms with Gasteiger partial charge in [-0.2, -0.15) is 0 Å². The summed E-state index contributed by atoms with van der Waals surface area (Å²) in [7, 11) is 1.62. The number of benzene rings is 1. The monoisotopic (exact) mass is 275 g/mol. The molecule has 0 aliphatic rings. The lowest BCUT2D eigenvalue weighted by Gasteiger charge is -2.22. The van der Waals surface area contributed by atoms with Crippen molar-refractivity contribution in [1.29, 1.82) is 0 Å². The van der Waals surface area contributed by atoms with E-state index in [4.69, 9.17) is 14.9 Å². The van der Waals surface area contributed by atoms with Crippen molar-refractivity contribution in [2.24, 2.45) is 5.73 Å². The molecule has 2 unspecified atom stereocenters. The average Bonchev–Trinajstić information content (AvgIpc) is 2.86. The summed E-state index contributed by atoms with van der Waals surface area (Å²) in [4.78, 5) is 0. The topological polar surface area (TPSA) is 68.6 Å². The Hall–Kier alpha value is -1.78. The molecule has 4 heteroatoms. The maximum absolute atomic E-state index is 10.5. The molecule has 0 saturated heterocycles. The number of hydrogen-bond acceptors (Lipinski definition) is 4. The molecule has 3 N–H and O–H groups in total.